The molecular formula is C22H19N5O3. The number of pyridine rings is 2. The van der Waals surface area contributed by atoms with Gasteiger partial charge in [-0.15, -0.1) is 0 Å². The van der Waals surface area contributed by atoms with Gasteiger partial charge in [-0.2, -0.15) is 0 Å². The summed E-state index contributed by atoms with van der Waals surface area (Å²) in [6, 6.07) is 11.1. The molecule has 0 saturated heterocycles. The van der Waals surface area contributed by atoms with Crippen molar-refractivity contribution in [3.05, 3.63) is 74.7 Å². The molecule has 2 N–H and O–H groups in total. The van der Waals surface area contributed by atoms with Crippen molar-refractivity contribution in [3.8, 4) is 0 Å². The van der Waals surface area contributed by atoms with Crippen LogP contribution < -0.4 is 16.6 Å². The van der Waals surface area contributed by atoms with E-state index in [0.29, 0.717) is 12.2 Å². The summed E-state index contributed by atoms with van der Waals surface area (Å²) in [6.45, 7) is 2.13. The third-order valence-electron chi connectivity index (χ3n) is 5.37. The Balaban J connectivity index is 1.65. The van der Waals surface area contributed by atoms with E-state index in [1.165, 1.54) is 4.57 Å². The second kappa shape index (κ2) is 6.91. The number of aromatic amines is 1. The number of amides is 1. The van der Waals surface area contributed by atoms with E-state index >= 15 is 0 Å². The molecule has 4 aromatic rings. The maximum absolute atomic E-state index is 13.2. The van der Waals surface area contributed by atoms with E-state index in [9.17, 15) is 14.4 Å². The van der Waals surface area contributed by atoms with E-state index in [4.69, 9.17) is 0 Å². The molecule has 0 atom stereocenters. The van der Waals surface area contributed by atoms with Crippen molar-refractivity contribution in [3.63, 3.8) is 0 Å². The fraction of sp³-hybridized carbons (Fsp3) is 0.227. The molecule has 5 rings (SSSR count). The number of hydrogen-bond donors (Lipinski definition) is 2. The summed E-state index contributed by atoms with van der Waals surface area (Å²) in [4.78, 5) is 49.3. The smallest absolute Gasteiger partial charge is 0.321 e. The molecule has 8 heteroatoms. The van der Waals surface area contributed by atoms with Crippen LogP contribution in [-0.4, -0.2) is 25.4 Å². The average molecular weight is 401 g/mol. The van der Waals surface area contributed by atoms with E-state index in [0.717, 1.165) is 29.4 Å². The van der Waals surface area contributed by atoms with Crippen LogP contribution in [0.3, 0.4) is 0 Å². The molecule has 1 amide bonds. The Bertz CT molecular complexity index is 1430. The van der Waals surface area contributed by atoms with Crippen LogP contribution in [-0.2, 0) is 6.54 Å². The number of para-hydroxylation sites is 1. The third kappa shape index (κ3) is 3.06. The first-order chi connectivity index (χ1) is 14.5. The lowest BCUT2D eigenvalue weighted by Crippen LogP contribution is -2.32. The van der Waals surface area contributed by atoms with Crippen molar-refractivity contribution in [1.82, 2.24) is 19.5 Å². The van der Waals surface area contributed by atoms with E-state index in [2.05, 4.69) is 20.3 Å². The van der Waals surface area contributed by atoms with Crippen LogP contribution in [0.25, 0.3) is 21.9 Å². The number of anilines is 1. The van der Waals surface area contributed by atoms with E-state index < -0.39 is 17.2 Å². The van der Waals surface area contributed by atoms with Gasteiger partial charge in [0.05, 0.1) is 28.4 Å². The SMILES string of the molecule is CCn1c(=O)[nH]c(=O)c2c(C(=O)Nc3cnc4ccccc4c3)cc(C3CC3)nc21. The first kappa shape index (κ1) is 18.2. The molecule has 1 aliphatic carbocycles. The lowest BCUT2D eigenvalue weighted by Gasteiger charge is -2.12. The second-order valence-corrected chi connectivity index (χ2v) is 7.44. The van der Waals surface area contributed by atoms with Gasteiger partial charge < -0.3 is 5.32 Å². The van der Waals surface area contributed by atoms with Crippen LogP contribution >= 0.6 is 0 Å². The monoisotopic (exact) mass is 401 g/mol. The highest BCUT2D eigenvalue weighted by Gasteiger charge is 2.28. The van der Waals surface area contributed by atoms with Crippen molar-refractivity contribution in [1.29, 1.82) is 0 Å². The number of rotatable bonds is 4. The molecule has 8 nitrogen and oxygen atoms in total. The highest BCUT2D eigenvalue weighted by Crippen LogP contribution is 2.40. The van der Waals surface area contributed by atoms with Gasteiger partial charge in [-0.3, -0.25) is 24.1 Å². The summed E-state index contributed by atoms with van der Waals surface area (Å²) in [5, 5.41) is 3.85. The van der Waals surface area contributed by atoms with Crippen LogP contribution in [0.2, 0.25) is 0 Å². The Morgan fingerprint density at radius 2 is 2.03 bits per heavy atom. The topological polar surface area (TPSA) is 110 Å². The number of nitrogens with one attached hydrogen (secondary N) is 2. The van der Waals surface area contributed by atoms with Crippen LogP contribution in [0.5, 0.6) is 0 Å². The van der Waals surface area contributed by atoms with Gasteiger partial charge in [0.1, 0.15) is 0 Å². The molecule has 0 aliphatic heterocycles. The lowest BCUT2D eigenvalue weighted by molar-refractivity contribution is 0.102. The molecule has 0 unspecified atom stereocenters. The first-order valence-electron chi connectivity index (χ1n) is 9.89. The first-order valence-corrected chi connectivity index (χ1v) is 9.89. The summed E-state index contributed by atoms with van der Waals surface area (Å²) >= 11 is 0. The van der Waals surface area contributed by atoms with Crippen molar-refractivity contribution in [2.24, 2.45) is 0 Å². The number of H-pyrrole nitrogens is 1. The van der Waals surface area contributed by atoms with Crippen LogP contribution in [0.1, 0.15) is 41.7 Å². The predicted molar refractivity (Wildman–Crippen MR) is 114 cm³/mol. The van der Waals surface area contributed by atoms with Crippen LogP contribution in [0, 0.1) is 0 Å². The lowest BCUT2D eigenvalue weighted by atomic mass is 10.1. The van der Waals surface area contributed by atoms with E-state index in [1.54, 1.807) is 19.2 Å². The quantitative estimate of drug-likeness (QED) is 0.546. The number of aryl methyl sites for hydroxylation is 1. The molecule has 0 radical (unpaired) electrons. The number of carbonyl (C=O) groups is 1. The molecule has 1 fully saturated rings. The zero-order chi connectivity index (χ0) is 20.8. The Morgan fingerprint density at radius 3 is 2.80 bits per heavy atom. The fourth-order valence-corrected chi connectivity index (χ4v) is 3.69. The number of fused-ring (bicyclic) bond motifs is 2. The molecule has 30 heavy (non-hydrogen) atoms. The van der Waals surface area contributed by atoms with Crippen molar-refractivity contribution in [2.45, 2.75) is 32.2 Å². The van der Waals surface area contributed by atoms with Crippen LogP contribution in [0.4, 0.5) is 5.69 Å². The summed E-state index contributed by atoms with van der Waals surface area (Å²) in [5.74, 6) is -0.184. The summed E-state index contributed by atoms with van der Waals surface area (Å²) < 4.78 is 1.39. The zero-order valence-electron chi connectivity index (χ0n) is 16.3. The van der Waals surface area contributed by atoms with Gasteiger partial charge >= 0.3 is 5.69 Å². The van der Waals surface area contributed by atoms with Crippen molar-refractivity contribution < 1.29 is 4.79 Å². The number of benzene rings is 1. The normalized spacial score (nSPS) is 13.6. The summed E-state index contributed by atoms with van der Waals surface area (Å²) in [6.07, 6.45) is 3.54. The van der Waals surface area contributed by atoms with Gasteiger partial charge in [-0.1, -0.05) is 18.2 Å². The minimum atomic E-state index is -0.615. The predicted octanol–water partition coefficient (Wildman–Crippen LogP) is 2.78. The van der Waals surface area contributed by atoms with Crippen molar-refractivity contribution in [2.75, 3.05) is 5.32 Å². The van der Waals surface area contributed by atoms with Gasteiger partial charge in [-0.05, 0) is 38.0 Å². The third-order valence-corrected chi connectivity index (χ3v) is 5.37. The molecule has 1 aliphatic rings. The highest BCUT2D eigenvalue weighted by molar-refractivity contribution is 6.12. The largest absolute Gasteiger partial charge is 0.329 e. The second-order valence-electron chi connectivity index (χ2n) is 7.44. The molecule has 1 aromatic carbocycles. The molecule has 3 heterocycles. The Kier molecular flexibility index (Phi) is 4.20. The molecular weight excluding hydrogens is 382 g/mol. The Labute approximate surface area is 170 Å². The summed E-state index contributed by atoms with van der Waals surface area (Å²) in [7, 11) is 0. The number of hydrogen-bond acceptors (Lipinski definition) is 5. The fourth-order valence-electron chi connectivity index (χ4n) is 3.69. The van der Waals surface area contributed by atoms with Gasteiger partial charge in [0.15, 0.2) is 5.65 Å². The maximum Gasteiger partial charge on any atom is 0.329 e. The van der Waals surface area contributed by atoms with Gasteiger partial charge in [0.2, 0.25) is 0 Å². The molecule has 0 spiro atoms. The van der Waals surface area contributed by atoms with Gasteiger partial charge in [0, 0.05) is 23.5 Å². The summed E-state index contributed by atoms with van der Waals surface area (Å²) in [5.41, 5.74) is 1.39. The van der Waals surface area contributed by atoms with E-state index in [-0.39, 0.29) is 22.5 Å². The van der Waals surface area contributed by atoms with E-state index in [1.807, 2.05) is 30.3 Å². The molecule has 0 bridgehead atoms. The molecule has 1 saturated carbocycles. The average Bonchev–Trinajstić information content (AvgIpc) is 3.58. The Hall–Kier alpha value is -3.81. The highest BCUT2D eigenvalue weighted by atomic mass is 16.2. The van der Waals surface area contributed by atoms with Crippen molar-refractivity contribution >= 4 is 33.5 Å². The molecule has 3 aromatic heterocycles. The molecule has 150 valence electrons. The maximum atomic E-state index is 13.2. The number of nitrogens with zero attached hydrogens (tertiary/aromatic N) is 3. The minimum Gasteiger partial charge on any atom is -0.321 e. The van der Waals surface area contributed by atoms with Gasteiger partial charge in [0.25, 0.3) is 11.5 Å². The zero-order valence-corrected chi connectivity index (χ0v) is 16.3. The minimum absolute atomic E-state index is 0.118. The number of carbonyl (C=O) groups excluding carboxylic acids is 1. The standard InChI is InChI=1S/C22H19N5O3/c1-2-27-19-18(21(29)26-22(27)30)15(10-17(25-19)12-7-8-12)20(28)24-14-9-13-5-3-4-6-16(13)23-11-14/h3-6,9-12H,2,7-8H2,1H3,(H,24,28)(H,26,29,30). The Morgan fingerprint density at radius 1 is 1.23 bits per heavy atom. The number of aromatic nitrogens is 4. The van der Waals surface area contributed by atoms with Gasteiger partial charge in [-0.25, -0.2) is 9.78 Å². The van der Waals surface area contributed by atoms with Crippen LogP contribution in [0.15, 0.2) is 52.2 Å².